The molecule has 3 nitrogen and oxygen atoms in total. The molecule has 0 atom stereocenters. The standard InChI is InChI=1S/C13H9Cl2NO2/c1-18-13-11(7-17)9(4-5-16-13)10-3-2-8(14)6-12(10)15/h2-7H,1H3. The molecule has 2 aromatic rings. The minimum absolute atomic E-state index is 0.272. The van der Waals surface area contributed by atoms with Crippen LogP contribution in [0, 0.1) is 0 Å². The second-order valence-electron chi connectivity index (χ2n) is 3.52. The lowest BCUT2D eigenvalue weighted by Crippen LogP contribution is -1.97. The molecule has 0 aliphatic rings. The molecule has 18 heavy (non-hydrogen) atoms. The number of aromatic nitrogens is 1. The summed E-state index contributed by atoms with van der Waals surface area (Å²) in [5.74, 6) is 0.272. The minimum atomic E-state index is 0.272. The monoisotopic (exact) mass is 281 g/mol. The second-order valence-corrected chi connectivity index (χ2v) is 4.37. The molecule has 92 valence electrons. The molecule has 0 bridgehead atoms. The highest BCUT2D eigenvalue weighted by atomic mass is 35.5. The molecule has 1 aromatic carbocycles. The Morgan fingerprint density at radius 1 is 1.22 bits per heavy atom. The van der Waals surface area contributed by atoms with Crippen molar-refractivity contribution in [2.75, 3.05) is 7.11 Å². The van der Waals surface area contributed by atoms with Crippen LogP contribution in [0.15, 0.2) is 30.5 Å². The molecule has 2 rings (SSSR count). The summed E-state index contributed by atoms with van der Waals surface area (Å²) in [5, 5.41) is 1.01. The quantitative estimate of drug-likeness (QED) is 0.802. The van der Waals surface area contributed by atoms with Gasteiger partial charge in [-0.2, -0.15) is 0 Å². The van der Waals surface area contributed by atoms with Gasteiger partial charge in [-0.05, 0) is 18.2 Å². The van der Waals surface area contributed by atoms with E-state index >= 15 is 0 Å². The van der Waals surface area contributed by atoms with Gasteiger partial charge < -0.3 is 4.74 Å². The predicted octanol–water partition coefficient (Wildman–Crippen LogP) is 3.88. The van der Waals surface area contributed by atoms with Gasteiger partial charge >= 0.3 is 0 Å². The Kier molecular flexibility index (Phi) is 3.84. The summed E-state index contributed by atoms with van der Waals surface area (Å²) in [4.78, 5) is 15.1. The predicted molar refractivity (Wildman–Crippen MR) is 71.6 cm³/mol. The maximum atomic E-state index is 11.2. The summed E-state index contributed by atoms with van der Waals surface area (Å²) < 4.78 is 5.05. The molecule has 1 heterocycles. The molecule has 1 aromatic heterocycles. The number of halogens is 2. The third-order valence-electron chi connectivity index (χ3n) is 2.49. The van der Waals surface area contributed by atoms with Crippen LogP contribution in [-0.2, 0) is 0 Å². The van der Waals surface area contributed by atoms with Crippen LogP contribution in [0.1, 0.15) is 10.4 Å². The molecular weight excluding hydrogens is 273 g/mol. The number of aldehydes is 1. The fourth-order valence-corrected chi connectivity index (χ4v) is 2.18. The van der Waals surface area contributed by atoms with Crippen LogP contribution in [0.5, 0.6) is 5.88 Å². The summed E-state index contributed by atoms with van der Waals surface area (Å²) in [6.45, 7) is 0. The zero-order chi connectivity index (χ0) is 13.1. The van der Waals surface area contributed by atoms with Gasteiger partial charge in [0.05, 0.1) is 12.7 Å². The third kappa shape index (κ3) is 2.33. The van der Waals surface area contributed by atoms with E-state index in [1.807, 2.05) is 0 Å². The number of carbonyl (C=O) groups is 1. The van der Waals surface area contributed by atoms with Crippen molar-refractivity contribution in [1.29, 1.82) is 0 Å². The van der Waals surface area contributed by atoms with E-state index in [0.717, 1.165) is 0 Å². The first-order chi connectivity index (χ1) is 8.67. The van der Waals surface area contributed by atoms with Gasteiger partial charge in [-0.1, -0.05) is 29.3 Å². The molecule has 0 aliphatic carbocycles. The number of benzene rings is 1. The van der Waals surface area contributed by atoms with Crippen molar-refractivity contribution in [2.45, 2.75) is 0 Å². The number of carbonyl (C=O) groups excluding carboxylic acids is 1. The highest BCUT2D eigenvalue weighted by Crippen LogP contribution is 2.34. The SMILES string of the molecule is COc1nccc(-c2ccc(Cl)cc2Cl)c1C=O. The molecule has 0 saturated carbocycles. The Morgan fingerprint density at radius 3 is 2.61 bits per heavy atom. The molecule has 0 saturated heterocycles. The number of nitrogens with zero attached hydrogens (tertiary/aromatic N) is 1. The van der Waals surface area contributed by atoms with Crippen LogP contribution < -0.4 is 4.74 Å². The Labute approximate surface area is 114 Å². The maximum Gasteiger partial charge on any atom is 0.224 e. The Balaban J connectivity index is 2.67. The van der Waals surface area contributed by atoms with E-state index in [9.17, 15) is 4.79 Å². The van der Waals surface area contributed by atoms with Crippen LogP contribution in [0.25, 0.3) is 11.1 Å². The molecule has 0 amide bonds. The van der Waals surface area contributed by atoms with Gasteiger partial charge in [0.15, 0.2) is 6.29 Å². The summed E-state index contributed by atoms with van der Waals surface area (Å²) >= 11 is 12.0. The lowest BCUT2D eigenvalue weighted by molar-refractivity contribution is 0.112. The minimum Gasteiger partial charge on any atom is -0.480 e. The average Bonchev–Trinajstić information content (AvgIpc) is 2.37. The molecule has 0 fully saturated rings. The normalized spacial score (nSPS) is 10.2. The molecule has 0 radical (unpaired) electrons. The van der Waals surface area contributed by atoms with Gasteiger partial charge in [-0.25, -0.2) is 4.98 Å². The Bertz CT molecular complexity index is 600. The van der Waals surface area contributed by atoms with Gasteiger partial charge in [-0.15, -0.1) is 0 Å². The van der Waals surface area contributed by atoms with E-state index in [1.165, 1.54) is 7.11 Å². The van der Waals surface area contributed by atoms with E-state index in [1.54, 1.807) is 30.5 Å². The Hall–Kier alpha value is -1.58. The van der Waals surface area contributed by atoms with Crippen LogP contribution in [0.4, 0.5) is 0 Å². The van der Waals surface area contributed by atoms with E-state index in [2.05, 4.69) is 4.98 Å². The van der Waals surface area contributed by atoms with Crippen LogP contribution in [-0.4, -0.2) is 18.4 Å². The molecule has 0 unspecified atom stereocenters. The Morgan fingerprint density at radius 2 is 2.00 bits per heavy atom. The lowest BCUT2D eigenvalue weighted by Gasteiger charge is -2.10. The average molecular weight is 282 g/mol. The van der Waals surface area contributed by atoms with E-state index < -0.39 is 0 Å². The van der Waals surface area contributed by atoms with Gasteiger partial charge in [0.25, 0.3) is 0 Å². The summed E-state index contributed by atoms with van der Waals surface area (Å²) in [6, 6.07) is 6.80. The number of methoxy groups -OCH3 is 1. The van der Waals surface area contributed by atoms with Crippen molar-refractivity contribution < 1.29 is 9.53 Å². The van der Waals surface area contributed by atoms with Gasteiger partial charge in [-0.3, -0.25) is 4.79 Å². The topological polar surface area (TPSA) is 39.2 Å². The number of rotatable bonds is 3. The summed E-state index contributed by atoms with van der Waals surface area (Å²) in [5.41, 5.74) is 1.74. The fraction of sp³-hybridized carbons (Fsp3) is 0.0769. The van der Waals surface area contributed by atoms with E-state index in [0.29, 0.717) is 33.0 Å². The van der Waals surface area contributed by atoms with Crippen molar-refractivity contribution in [3.8, 4) is 17.0 Å². The maximum absolute atomic E-state index is 11.2. The third-order valence-corrected chi connectivity index (χ3v) is 3.03. The number of hydrogen-bond donors (Lipinski definition) is 0. The first-order valence-electron chi connectivity index (χ1n) is 5.11. The van der Waals surface area contributed by atoms with Gasteiger partial charge in [0, 0.05) is 27.4 Å². The van der Waals surface area contributed by atoms with E-state index in [-0.39, 0.29) is 5.88 Å². The van der Waals surface area contributed by atoms with Gasteiger partial charge in [0.1, 0.15) is 0 Å². The molecule has 0 aliphatic heterocycles. The van der Waals surface area contributed by atoms with E-state index in [4.69, 9.17) is 27.9 Å². The highest BCUT2D eigenvalue weighted by molar-refractivity contribution is 6.36. The second kappa shape index (κ2) is 5.38. The smallest absolute Gasteiger partial charge is 0.224 e. The highest BCUT2D eigenvalue weighted by Gasteiger charge is 2.13. The summed E-state index contributed by atoms with van der Waals surface area (Å²) in [7, 11) is 1.46. The molecule has 0 N–H and O–H groups in total. The zero-order valence-electron chi connectivity index (χ0n) is 9.48. The van der Waals surface area contributed by atoms with Crippen molar-refractivity contribution in [2.24, 2.45) is 0 Å². The van der Waals surface area contributed by atoms with Crippen LogP contribution >= 0.6 is 23.2 Å². The van der Waals surface area contributed by atoms with Crippen LogP contribution in [0.2, 0.25) is 10.0 Å². The number of hydrogen-bond acceptors (Lipinski definition) is 3. The van der Waals surface area contributed by atoms with Gasteiger partial charge in [0.2, 0.25) is 5.88 Å². The molecule has 5 heteroatoms. The van der Waals surface area contributed by atoms with Crippen molar-refractivity contribution in [1.82, 2.24) is 4.98 Å². The van der Waals surface area contributed by atoms with Crippen molar-refractivity contribution in [3.63, 3.8) is 0 Å². The first kappa shape index (κ1) is 12.9. The van der Waals surface area contributed by atoms with Crippen molar-refractivity contribution in [3.05, 3.63) is 46.1 Å². The summed E-state index contributed by atoms with van der Waals surface area (Å²) in [6.07, 6.45) is 2.26. The van der Waals surface area contributed by atoms with Crippen molar-refractivity contribution >= 4 is 29.5 Å². The molecular formula is C13H9Cl2NO2. The lowest BCUT2D eigenvalue weighted by atomic mass is 10.0. The number of ether oxygens (including phenoxy) is 1. The largest absolute Gasteiger partial charge is 0.480 e. The zero-order valence-corrected chi connectivity index (χ0v) is 11.0. The first-order valence-corrected chi connectivity index (χ1v) is 5.86. The van der Waals surface area contributed by atoms with Crippen LogP contribution in [0.3, 0.4) is 0 Å². The number of pyridine rings is 1. The fourth-order valence-electron chi connectivity index (χ4n) is 1.67. The molecule has 0 spiro atoms.